The van der Waals surface area contributed by atoms with Gasteiger partial charge in [-0.1, -0.05) is 5.57 Å². The summed E-state index contributed by atoms with van der Waals surface area (Å²) in [4.78, 5) is 0. The van der Waals surface area contributed by atoms with Crippen LogP contribution in [0.4, 0.5) is 0 Å². The van der Waals surface area contributed by atoms with Crippen LogP contribution < -0.4 is 0 Å². The van der Waals surface area contributed by atoms with Gasteiger partial charge in [0.2, 0.25) is 0 Å². The third-order valence-electron chi connectivity index (χ3n) is 0.730. The Balaban J connectivity index is 2.82. The molecule has 0 aliphatic rings. The van der Waals surface area contributed by atoms with Crippen molar-refractivity contribution in [1.29, 1.82) is 0 Å². The van der Waals surface area contributed by atoms with Gasteiger partial charge >= 0.3 is 0 Å². The maximum absolute atomic E-state index is 4.77. The zero-order chi connectivity index (χ0) is 6.41. The van der Waals surface area contributed by atoms with E-state index in [4.69, 9.17) is 4.18 Å². The summed E-state index contributed by atoms with van der Waals surface area (Å²) in [5, 5.41) is 0. The molecule has 0 aromatic heterocycles. The number of hydrogen-bond donors (Lipinski definition) is 0. The zero-order valence-corrected chi connectivity index (χ0v) is 6.25. The second kappa shape index (κ2) is 5.19. The fraction of sp³-hybridized carbons (Fsp3) is 0.667. The molecule has 0 atom stereocenters. The van der Waals surface area contributed by atoms with Gasteiger partial charge in [0.1, 0.15) is 0 Å². The third kappa shape index (κ3) is 6.05. The monoisotopic (exact) mass is 132 g/mol. The Hall–Kier alpha value is 0.0500. The van der Waals surface area contributed by atoms with E-state index in [1.807, 2.05) is 6.92 Å². The SMILES string of the molecule is C=C(C)CCSOC. The van der Waals surface area contributed by atoms with Crippen LogP contribution in [0.2, 0.25) is 0 Å². The minimum atomic E-state index is 1.02. The molecule has 1 nitrogen and oxygen atoms in total. The Labute approximate surface area is 55.3 Å². The summed E-state index contributed by atoms with van der Waals surface area (Å²) in [6, 6.07) is 0. The van der Waals surface area contributed by atoms with Gasteiger partial charge in [0, 0.05) is 5.75 Å². The van der Waals surface area contributed by atoms with E-state index in [1.165, 1.54) is 17.6 Å². The van der Waals surface area contributed by atoms with Gasteiger partial charge in [0.05, 0.1) is 7.11 Å². The minimum Gasteiger partial charge on any atom is -0.319 e. The van der Waals surface area contributed by atoms with E-state index in [1.54, 1.807) is 7.11 Å². The first kappa shape index (κ1) is 8.05. The highest BCUT2D eigenvalue weighted by molar-refractivity contribution is 7.94. The lowest BCUT2D eigenvalue weighted by Gasteiger charge is -1.94. The second-order valence-corrected chi connectivity index (χ2v) is 2.67. The molecule has 0 spiro atoms. The smallest absolute Gasteiger partial charge is 0.0503 e. The molecule has 0 fully saturated rings. The van der Waals surface area contributed by atoms with Crippen molar-refractivity contribution in [2.45, 2.75) is 13.3 Å². The van der Waals surface area contributed by atoms with Crippen molar-refractivity contribution < 1.29 is 4.18 Å². The van der Waals surface area contributed by atoms with Gasteiger partial charge in [0.15, 0.2) is 0 Å². The molecular weight excluding hydrogens is 120 g/mol. The van der Waals surface area contributed by atoms with Crippen molar-refractivity contribution in [2.75, 3.05) is 12.9 Å². The van der Waals surface area contributed by atoms with E-state index >= 15 is 0 Å². The van der Waals surface area contributed by atoms with Crippen molar-refractivity contribution in [1.82, 2.24) is 0 Å². The van der Waals surface area contributed by atoms with E-state index in [9.17, 15) is 0 Å². The van der Waals surface area contributed by atoms with Crippen LogP contribution in [0.15, 0.2) is 12.2 Å². The molecule has 0 saturated heterocycles. The number of rotatable bonds is 4. The highest BCUT2D eigenvalue weighted by atomic mass is 32.2. The highest BCUT2D eigenvalue weighted by Gasteiger charge is 1.85. The standard InChI is InChI=1S/C6H12OS/c1-6(2)4-5-8-7-3/h1,4-5H2,2-3H3. The van der Waals surface area contributed by atoms with Gasteiger partial charge in [0.25, 0.3) is 0 Å². The Morgan fingerprint density at radius 3 is 2.75 bits per heavy atom. The molecule has 0 aromatic carbocycles. The summed E-state index contributed by atoms with van der Waals surface area (Å²) in [7, 11) is 1.68. The first-order valence-electron chi connectivity index (χ1n) is 2.57. The molecule has 0 aromatic rings. The Morgan fingerprint density at radius 2 is 2.38 bits per heavy atom. The molecule has 2 heteroatoms. The molecule has 8 heavy (non-hydrogen) atoms. The van der Waals surface area contributed by atoms with Crippen LogP contribution in [0.3, 0.4) is 0 Å². The van der Waals surface area contributed by atoms with Gasteiger partial charge in [-0.15, -0.1) is 6.58 Å². The van der Waals surface area contributed by atoms with Crippen LogP contribution in [0.1, 0.15) is 13.3 Å². The van der Waals surface area contributed by atoms with Gasteiger partial charge < -0.3 is 4.18 Å². The van der Waals surface area contributed by atoms with E-state index < -0.39 is 0 Å². The van der Waals surface area contributed by atoms with Gasteiger partial charge in [-0.25, -0.2) is 0 Å². The summed E-state index contributed by atoms with van der Waals surface area (Å²) in [6.07, 6.45) is 1.05. The Morgan fingerprint density at radius 1 is 1.75 bits per heavy atom. The topological polar surface area (TPSA) is 9.23 Å². The molecule has 0 rings (SSSR count). The summed E-state index contributed by atoms with van der Waals surface area (Å²) in [5.41, 5.74) is 1.22. The quantitative estimate of drug-likeness (QED) is 0.329. The van der Waals surface area contributed by atoms with Crippen LogP contribution in [-0.2, 0) is 4.18 Å². The minimum absolute atomic E-state index is 1.02. The van der Waals surface area contributed by atoms with Crippen molar-refractivity contribution in [3.8, 4) is 0 Å². The number of allylic oxidation sites excluding steroid dienone is 1. The molecule has 0 N–H and O–H groups in total. The maximum atomic E-state index is 4.77. The third-order valence-corrected chi connectivity index (χ3v) is 1.34. The summed E-state index contributed by atoms with van der Waals surface area (Å²) in [5.74, 6) is 1.02. The second-order valence-electron chi connectivity index (χ2n) is 1.70. The molecule has 0 bridgehead atoms. The predicted molar refractivity (Wildman–Crippen MR) is 38.9 cm³/mol. The van der Waals surface area contributed by atoms with Crippen LogP contribution in [-0.4, -0.2) is 12.9 Å². The van der Waals surface area contributed by atoms with Crippen molar-refractivity contribution >= 4 is 12.0 Å². The molecule has 0 unspecified atom stereocenters. The normalized spacial score (nSPS) is 9.25. The molecule has 0 amide bonds. The molecule has 48 valence electrons. The van der Waals surface area contributed by atoms with Gasteiger partial charge in [-0.2, -0.15) is 0 Å². The zero-order valence-electron chi connectivity index (χ0n) is 5.44. The fourth-order valence-electron chi connectivity index (χ4n) is 0.299. The summed E-state index contributed by atoms with van der Waals surface area (Å²) in [6.45, 7) is 5.78. The first-order valence-corrected chi connectivity index (χ1v) is 3.48. The lowest BCUT2D eigenvalue weighted by atomic mass is 10.3. The molecular formula is C6H12OS. The van der Waals surface area contributed by atoms with Gasteiger partial charge in [-0.05, 0) is 25.4 Å². The molecule has 0 heterocycles. The van der Waals surface area contributed by atoms with E-state index in [0.717, 1.165) is 12.2 Å². The average molecular weight is 132 g/mol. The lowest BCUT2D eigenvalue weighted by molar-refractivity contribution is 0.489. The lowest BCUT2D eigenvalue weighted by Crippen LogP contribution is -1.79. The molecule has 0 aliphatic carbocycles. The number of hydrogen-bond acceptors (Lipinski definition) is 2. The predicted octanol–water partition coefficient (Wildman–Crippen LogP) is 2.25. The van der Waals surface area contributed by atoms with E-state index in [-0.39, 0.29) is 0 Å². The molecule has 0 radical (unpaired) electrons. The Bertz CT molecular complexity index is 70.9. The van der Waals surface area contributed by atoms with Crippen LogP contribution in [0, 0.1) is 0 Å². The first-order chi connectivity index (χ1) is 3.77. The van der Waals surface area contributed by atoms with E-state index in [0.29, 0.717) is 0 Å². The average Bonchev–Trinajstić information content (AvgIpc) is 1.66. The maximum Gasteiger partial charge on any atom is 0.0503 e. The van der Waals surface area contributed by atoms with Crippen molar-refractivity contribution in [2.24, 2.45) is 0 Å². The van der Waals surface area contributed by atoms with Crippen LogP contribution in [0.25, 0.3) is 0 Å². The van der Waals surface area contributed by atoms with E-state index in [2.05, 4.69) is 6.58 Å². The largest absolute Gasteiger partial charge is 0.319 e. The van der Waals surface area contributed by atoms with Crippen LogP contribution >= 0.6 is 12.0 Å². The highest BCUT2D eigenvalue weighted by Crippen LogP contribution is 2.05. The van der Waals surface area contributed by atoms with Crippen LogP contribution in [0.5, 0.6) is 0 Å². The summed E-state index contributed by atoms with van der Waals surface area (Å²) < 4.78 is 4.77. The molecule has 0 aliphatic heterocycles. The fourth-order valence-corrected chi connectivity index (χ4v) is 0.898. The molecule has 0 saturated carbocycles. The summed E-state index contributed by atoms with van der Waals surface area (Å²) >= 11 is 1.48. The van der Waals surface area contributed by atoms with Crippen molar-refractivity contribution in [3.05, 3.63) is 12.2 Å². The van der Waals surface area contributed by atoms with Crippen molar-refractivity contribution in [3.63, 3.8) is 0 Å². The van der Waals surface area contributed by atoms with Gasteiger partial charge in [-0.3, -0.25) is 0 Å². The Kier molecular flexibility index (Phi) is 5.22.